The molecule has 0 rings (SSSR count). The van der Waals surface area contributed by atoms with Crippen LogP contribution in [0.4, 0.5) is 0 Å². The lowest BCUT2D eigenvalue weighted by molar-refractivity contribution is -0.167. The van der Waals surface area contributed by atoms with Crippen LogP contribution >= 0.6 is 0 Å². The fraction of sp³-hybridized carbons (Fsp3) is 0.944. The van der Waals surface area contributed by atoms with E-state index in [0.717, 1.165) is 63.7 Å². The van der Waals surface area contributed by atoms with Gasteiger partial charge >= 0.3 is 17.9 Å². The van der Waals surface area contributed by atoms with Gasteiger partial charge in [-0.15, -0.1) is 0 Å². The van der Waals surface area contributed by atoms with Gasteiger partial charge in [0.2, 0.25) is 0 Å². The van der Waals surface area contributed by atoms with Crippen LogP contribution in [0.1, 0.15) is 304 Å². The van der Waals surface area contributed by atoms with Crippen LogP contribution in [0.5, 0.6) is 0 Å². The van der Waals surface area contributed by atoms with Crippen molar-refractivity contribution in [3.05, 3.63) is 0 Å². The molecule has 6 heteroatoms. The van der Waals surface area contributed by atoms with E-state index in [1.165, 1.54) is 199 Å². The molecule has 0 radical (unpaired) electrons. The molecule has 60 heavy (non-hydrogen) atoms. The van der Waals surface area contributed by atoms with E-state index in [1.54, 1.807) is 0 Å². The zero-order valence-electron chi connectivity index (χ0n) is 40.9. The third-order valence-electron chi connectivity index (χ3n) is 12.7. The number of rotatable bonds is 49. The summed E-state index contributed by atoms with van der Waals surface area (Å²) in [4.78, 5) is 37.9. The molecule has 0 N–H and O–H groups in total. The summed E-state index contributed by atoms with van der Waals surface area (Å²) in [5.41, 5.74) is 0. The smallest absolute Gasteiger partial charge is 0.306 e. The van der Waals surface area contributed by atoms with E-state index >= 15 is 0 Å². The Morgan fingerprint density at radius 1 is 0.333 bits per heavy atom. The first-order valence-electron chi connectivity index (χ1n) is 26.9. The average Bonchev–Trinajstić information content (AvgIpc) is 3.25. The Balaban J connectivity index is 4.24. The van der Waals surface area contributed by atoms with Crippen molar-refractivity contribution >= 4 is 17.9 Å². The van der Waals surface area contributed by atoms with Gasteiger partial charge < -0.3 is 14.2 Å². The van der Waals surface area contributed by atoms with Crippen molar-refractivity contribution < 1.29 is 28.6 Å². The highest BCUT2D eigenvalue weighted by atomic mass is 16.6. The molecule has 0 bridgehead atoms. The largest absolute Gasteiger partial charge is 0.462 e. The zero-order valence-corrected chi connectivity index (χ0v) is 40.9. The molecule has 356 valence electrons. The van der Waals surface area contributed by atoms with Crippen molar-refractivity contribution in [2.45, 2.75) is 310 Å². The van der Waals surface area contributed by atoms with Crippen molar-refractivity contribution in [2.24, 2.45) is 5.92 Å². The summed E-state index contributed by atoms with van der Waals surface area (Å²) in [6.07, 6.45) is 50.8. The molecule has 1 unspecified atom stereocenters. The second kappa shape index (κ2) is 48.4. The van der Waals surface area contributed by atoms with Gasteiger partial charge in [-0.1, -0.05) is 265 Å². The van der Waals surface area contributed by atoms with Crippen LogP contribution in [-0.4, -0.2) is 37.2 Å². The van der Waals surface area contributed by atoms with Crippen LogP contribution in [-0.2, 0) is 28.6 Å². The average molecular weight is 849 g/mol. The summed E-state index contributed by atoms with van der Waals surface area (Å²) in [6, 6.07) is 0. The van der Waals surface area contributed by atoms with E-state index in [4.69, 9.17) is 14.2 Å². The molecule has 2 atom stereocenters. The molecule has 0 aliphatic rings. The summed E-state index contributed by atoms with van der Waals surface area (Å²) in [7, 11) is 0. The Morgan fingerprint density at radius 2 is 0.583 bits per heavy atom. The first-order chi connectivity index (χ1) is 29.4. The molecule has 6 nitrogen and oxygen atoms in total. The number of esters is 3. The molecule has 0 fully saturated rings. The topological polar surface area (TPSA) is 78.9 Å². The van der Waals surface area contributed by atoms with Crippen LogP contribution in [0.2, 0.25) is 0 Å². The van der Waals surface area contributed by atoms with E-state index in [9.17, 15) is 14.4 Å². The van der Waals surface area contributed by atoms with Crippen molar-refractivity contribution in [3.63, 3.8) is 0 Å². The summed E-state index contributed by atoms with van der Waals surface area (Å²) in [6.45, 7) is 9.07. The zero-order chi connectivity index (χ0) is 43.8. The van der Waals surface area contributed by atoms with Gasteiger partial charge in [-0.05, 0) is 25.2 Å². The Labute approximate surface area is 374 Å². The Kier molecular flexibility index (Phi) is 47.2. The number of carbonyl (C=O) groups excluding carboxylic acids is 3. The lowest BCUT2D eigenvalue weighted by atomic mass is 9.99. The molecular weight excluding hydrogens is 745 g/mol. The van der Waals surface area contributed by atoms with Gasteiger partial charge in [0.25, 0.3) is 0 Å². The van der Waals surface area contributed by atoms with Crippen LogP contribution in [0.25, 0.3) is 0 Å². The van der Waals surface area contributed by atoms with Gasteiger partial charge in [0, 0.05) is 19.3 Å². The van der Waals surface area contributed by atoms with Gasteiger partial charge in [-0.25, -0.2) is 0 Å². The summed E-state index contributed by atoms with van der Waals surface area (Å²) < 4.78 is 16.8. The molecule has 0 aliphatic heterocycles. The first kappa shape index (κ1) is 58.4. The monoisotopic (exact) mass is 849 g/mol. The van der Waals surface area contributed by atoms with Crippen LogP contribution in [0.15, 0.2) is 0 Å². The first-order valence-corrected chi connectivity index (χ1v) is 26.9. The summed E-state index contributed by atoms with van der Waals surface area (Å²) in [5, 5.41) is 0. The van der Waals surface area contributed by atoms with Crippen LogP contribution in [0.3, 0.4) is 0 Å². The van der Waals surface area contributed by atoms with Gasteiger partial charge in [-0.2, -0.15) is 0 Å². The third-order valence-corrected chi connectivity index (χ3v) is 12.7. The lowest BCUT2D eigenvalue weighted by Crippen LogP contribution is -2.30. The number of hydrogen-bond donors (Lipinski definition) is 0. The maximum absolute atomic E-state index is 12.7. The highest BCUT2D eigenvalue weighted by Gasteiger charge is 2.19. The minimum absolute atomic E-state index is 0.0625. The molecule has 0 saturated heterocycles. The minimum Gasteiger partial charge on any atom is -0.462 e. The van der Waals surface area contributed by atoms with Crippen molar-refractivity contribution in [1.82, 2.24) is 0 Å². The van der Waals surface area contributed by atoms with Crippen molar-refractivity contribution in [3.8, 4) is 0 Å². The molecule has 0 spiro atoms. The van der Waals surface area contributed by atoms with Gasteiger partial charge in [0.15, 0.2) is 6.10 Å². The Bertz CT molecular complexity index is 905. The van der Waals surface area contributed by atoms with Crippen molar-refractivity contribution in [2.75, 3.05) is 13.2 Å². The highest BCUT2D eigenvalue weighted by Crippen LogP contribution is 2.18. The number of ether oxygens (including phenoxy) is 3. The van der Waals surface area contributed by atoms with E-state index in [0.29, 0.717) is 19.3 Å². The number of hydrogen-bond acceptors (Lipinski definition) is 6. The van der Waals surface area contributed by atoms with Gasteiger partial charge in [-0.3, -0.25) is 14.4 Å². The predicted octanol–water partition coefficient (Wildman–Crippen LogP) is 17.5. The quantitative estimate of drug-likeness (QED) is 0.0345. The van der Waals surface area contributed by atoms with Crippen LogP contribution in [0, 0.1) is 5.92 Å². The van der Waals surface area contributed by atoms with Gasteiger partial charge in [0.1, 0.15) is 13.2 Å². The minimum atomic E-state index is -0.760. The van der Waals surface area contributed by atoms with E-state index in [1.807, 2.05) is 0 Å². The van der Waals surface area contributed by atoms with Gasteiger partial charge in [0.05, 0.1) is 0 Å². The number of unbranched alkanes of at least 4 members (excludes halogenated alkanes) is 35. The SMILES string of the molecule is CCCCCCCCCCCCCCCCC(=O)OC[C@@H](COC(=O)CCCCCCCCCCCCCCCCC(C)CC)OC(=O)CCCCCCCCCCCC. The Hall–Kier alpha value is -1.59. The second-order valence-corrected chi connectivity index (χ2v) is 18.8. The molecular formula is C54H104O6. The van der Waals surface area contributed by atoms with E-state index in [2.05, 4.69) is 27.7 Å². The lowest BCUT2D eigenvalue weighted by Gasteiger charge is -2.18. The number of carbonyl (C=O) groups is 3. The second-order valence-electron chi connectivity index (χ2n) is 18.8. The summed E-state index contributed by atoms with van der Waals surface area (Å²) >= 11 is 0. The molecule has 0 aromatic carbocycles. The maximum atomic E-state index is 12.7. The standard InChI is InChI=1S/C54H104O6/c1-5-8-10-12-14-16-18-19-23-26-30-33-37-41-45-52(55)58-48-51(60-54(57)47-43-39-35-29-17-15-13-11-9-6-2)49-59-53(56)46-42-38-34-31-27-24-21-20-22-25-28-32-36-40-44-50(4)7-3/h50-51H,5-49H2,1-4H3/t50?,51-/m0/s1. The molecule has 0 aliphatic carbocycles. The molecule has 0 aromatic heterocycles. The third kappa shape index (κ3) is 45.9. The molecule has 0 amide bonds. The normalized spacial score (nSPS) is 12.4. The Morgan fingerprint density at radius 3 is 0.867 bits per heavy atom. The molecule has 0 saturated carbocycles. The van der Waals surface area contributed by atoms with E-state index < -0.39 is 6.10 Å². The summed E-state index contributed by atoms with van der Waals surface area (Å²) in [5.74, 6) is 0.0531. The molecule has 0 aromatic rings. The maximum Gasteiger partial charge on any atom is 0.306 e. The predicted molar refractivity (Wildman–Crippen MR) is 257 cm³/mol. The van der Waals surface area contributed by atoms with E-state index in [-0.39, 0.29) is 31.1 Å². The van der Waals surface area contributed by atoms with Crippen LogP contribution < -0.4 is 0 Å². The fourth-order valence-corrected chi connectivity index (χ4v) is 8.19. The van der Waals surface area contributed by atoms with Crippen molar-refractivity contribution in [1.29, 1.82) is 0 Å². The molecule has 0 heterocycles. The highest BCUT2D eigenvalue weighted by molar-refractivity contribution is 5.71. The fourth-order valence-electron chi connectivity index (χ4n) is 8.19.